The molecule has 0 saturated carbocycles. The fourth-order valence-corrected chi connectivity index (χ4v) is 4.29. The Bertz CT molecular complexity index is 1260. The number of fused-ring (bicyclic) bond motifs is 1. The molecule has 7 nitrogen and oxygen atoms in total. The number of aromatic nitrogens is 1. The van der Waals surface area contributed by atoms with Gasteiger partial charge in [0, 0.05) is 5.02 Å². The van der Waals surface area contributed by atoms with Crippen LogP contribution in [0.4, 0.5) is 5.88 Å². The first-order valence-electron chi connectivity index (χ1n) is 9.68. The highest BCUT2D eigenvalue weighted by atomic mass is 35.5. The Morgan fingerprint density at radius 1 is 1.16 bits per heavy atom. The lowest BCUT2D eigenvalue weighted by Gasteiger charge is -2.14. The molecule has 1 unspecified atom stereocenters. The largest absolute Gasteiger partial charge is 0.481 e. The number of rotatable bonds is 6. The van der Waals surface area contributed by atoms with Crippen LogP contribution < -0.4 is 10.1 Å². The molecule has 0 aliphatic rings. The fraction of sp³-hybridized carbons (Fsp3) is 0.174. The number of hydrogen-bond acceptors (Lipinski definition) is 7. The molecule has 1 N–H and O–H groups in total. The molecule has 0 radical (unpaired) electrons. The molecular formula is C23H19ClN2O5S. The molecule has 0 bridgehead atoms. The SMILES string of the molecule is COC(=O)c1c(C)oc(NC(=O)C(C)Oc2ccc(Cl)cc2)c1-c1nc2ccccc2s1. The quantitative estimate of drug-likeness (QED) is 0.363. The molecule has 4 aromatic rings. The maximum Gasteiger partial charge on any atom is 0.342 e. The van der Waals surface area contributed by atoms with Crippen LogP contribution in [0.1, 0.15) is 23.0 Å². The van der Waals surface area contributed by atoms with Gasteiger partial charge >= 0.3 is 5.97 Å². The predicted octanol–water partition coefficient (Wildman–Crippen LogP) is 5.71. The number of esters is 1. The van der Waals surface area contributed by atoms with E-state index in [1.807, 2.05) is 24.3 Å². The van der Waals surface area contributed by atoms with Gasteiger partial charge in [-0.05, 0) is 50.2 Å². The van der Waals surface area contributed by atoms with E-state index in [1.54, 1.807) is 38.1 Å². The molecule has 0 fully saturated rings. The Balaban J connectivity index is 1.68. The molecule has 2 heterocycles. The maximum absolute atomic E-state index is 12.8. The van der Waals surface area contributed by atoms with Gasteiger partial charge < -0.3 is 13.9 Å². The van der Waals surface area contributed by atoms with Gasteiger partial charge in [-0.3, -0.25) is 10.1 Å². The van der Waals surface area contributed by atoms with Gasteiger partial charge in [-0.25, -0.2) is 9.78 Å². The van der Waals surface area contributed by atoms with Crippen molar-refractivity contribution in [1.29, 1.82) is 0 Å². The van der Waals surface area contributed by atoms with Crippen molar-refractivity contribution in [3.05, 3.63) is 64.9 Å². The van der Waals surface area contributed by atoms with Gasteiger partial charge in [-0.1, -0.05) is 23.7 Å². The molecule has 32 heavy (non-hydrogen) atoms. The average molecular weight is 471 g/mol. The Morgan fingerprint density at radius 3 is 2.56 bits per heavy atom. The van der Waals surface area contributed by atoms with Gasteiger partial charge in [0.1, 0.15) is 22.1 Å². The zero-order chi connectivity index (χ0) is 22.8. The first kappa shape index (κ1) is 21.9. The lowest BCUT2D eigenvalue weighted by atomic mass is 10.1. The first-order valence-corrected chi connectivity index (χ1v) is 10.9. The highest BCUT2D eigenvalue weighted by molar-refractivity contribution is 7.21. The number of carbonyl (C=O) groups excluding carboxylic acids is 2. The number of aryl methyl sites for hydroxylation is 1. The maximum atomic E-state index is 12.8. The van der Waals surface area contributed by atoms with Crippen LogP contribution in [-0.4, -0.2) is 30.1 Å². The lowest BCUT2D eigenvalue weighted by Crippen LogP contribution is -2.30. The van der Waals surface area contributed by atoms with E-state index in [0.29, 0.717) is 27.1 Å². The van der Waals surface area contributed by atoms with Crippen LogP contribution in [-0.2, 0) is 9.53 Å². The van der Waals surface area contributed by atoms with E-state index >= 15 is 0 Å². The molecule has 4 rings (SSSR count). The van der Waals surface area contributed by atoms with Crippen molar-refractivity contribution in [3.8, 4) is 16.3 Å². The van der Waals surface area contributed by atoms with Crippen molar-refractivity contribution >= 4 is 50.9 Å². The molecular weight excluding hydrogens is 452 g/mol. The zero-order valence-electron chi connectivity index (χ0n) is 17.5. The predicted molar refractivity (Wildman–Crippen MR) is 124 cm³/mol. The molecule has 2 aromatic heterocycles. The number of carbonyl (C=O) groups is 2. The number of methoxy groups -OCH3 is 1. The normalized spacial score (nSPS) is 11.9. The van der Waals surface area contributed by atoms with Crippen molar-refractivity contribution in [2.75, 3.05) is 12.4 Å². The molecule has 0 aliphatic heterocycles. The molecule has 1 amide bonds. The second kappa shape index (κ2) is 9.02. The summed E-state index contributed by atoms with van der Waals surface area (Å²) < 4.78 is 17.3. The van der Waals surface area contributed by atoms with Gasteiger partial charge in [-0.15, -0.1) is 11.3 Å². The van der Waals surface area contributed by atoms with Crippen LogP contribution in [0.3, 0.4) is 0 Å². The van der Waals surface area contributed by atoms with Crippen molar-refractivity contribution in [1.82, 2.24) is 4.98 Å². The van der Waals surface area contributed by atoms with Crippen LogP contribution in [0.5, 0.6) is 5.75 Å². The van der Waals surface area contributed by atoms with Gasteiger partial charge in [0.15, 0.2) is 6.10 Å². The van der Waals surface area contributed by atoms with E-state index in [2.05, 4.69) is 10.3 Å². The molecule has 164 valence electrons. The molecule has 1 atom stereocenters. The fourth-order valence-electron chi connectivity index (χ4n) is 3.15. The van der Waals surface area contributed by atoms with Crippen molar-refractivity contribution in [3.63, 3.8) is 0 Å². The summed E-state index contributed by atoms with van der Waals surface area (Å²) in [6.45, 7) is 3.24. The van der Waals surface area contributed by atoms with Gasteiger partial charge in [-0.2, -0.15) is 0 Å². The van der Waals surface area contributed by atoms with E-state index in [-0.39, 0.29) is 11.4 Å². The second-order valence-corrected chi connectivity index (χ2v) is 8.39. The van der Waals surface area contributed by atoms with Crippen LogP contribution >= 0.6 is 22.9 Å². The van der Waals surface area contributed by atoms with E-state index in [9.17, 15) is 9.59 Å². The average Bonchev–Trinajstić information content (AvgIpc) is 3.34. The third kappa shape index (κ3) is 4.32. The number of anilines is 1. The zero-order valence-corrected chi connectivity index (χ0v) is 19.0. The minimum Gasteiger partial charge on any atom is -0.481 e. The number of thiazole rings is 1. The summed E-state index contributed by atoms with van der Waals surface area (Å²) in [7, 11) is 1.29. The highest BCUT2D eigenvalue weighted by Crippen LogP contribution is 2.40. The minimum absolute atomic E-state index is 0.110. The van der Waals surface area contributed by atoms with Gasteiger partial charge in [0.25, 0.3) is 5.91 Å². The summed E-state index contributed by atoms with van der Waals surface area (Å²) in [5.74, 6) is -0.112. The molecule has 0 spiro atoms. The van der Waals surface area contributed by atoms with Crippen LogP contribution in [0, 0.1) is 6.92 Å². The topological polar surface area (TPSA) is 90.7 Å². The number of nitrogens with one attached hydrogen (secondary N) is 1. The molecule has 0 aliphatic carbocycles. The Morgan fingerprint density at radius 2 is 1.88 bits per heavy atom. The summed E-state index contributed by atoms with van der Waals surface area (Å²) in [6, 6.07) is 14.3. The van der Waals surface area contributed by atoms with Crippen LogP contribution in [0.25, 0.3) is 20.8 Å². The Labute approximate surface area is 192 Å². The first-order chi connectivity index (χ1) is 15.4. The summed E-state index contributed by atoms with van der Waals surface area (Å²) in [4.78, 5) is 30.0. The van der Waals surface area contributed by atoms with E-state index in [1.165, 1.54) is 18.4 Å². The van der Waals surface area contributed by atoms with Gasteiger partial charge in [0.05, 0.1) is 22.9 Å². The highest BCUT2D eigenvalue weighted by Gasteiger charge is 2.29. The van der Waals surface area contributed by atoms with Crippen molar-refractivity contribution in [2.45, 2.75) is 20.0 Å². The van der Waals surface area contributed by atoms with E-state index < -0.39 is 18.0 Å². The summed E-state index contributed by atoms with van der Waals surface area (Å²) in [5, 5.41) is 3.83. The number of para-hydroxylation sites is 1. The number of amides is 1. The Kier molecular flexibility index (Phi) is 6.16. The molecule has 2 aromatic carbocycles. The van der Waals surface area contributed by atoms with Crippen molar-refractivity contribution in [2.24, 2.45) is 0 Å². The van der Waals surface area contributed by atoms with E-state index in [4.69, 9.17) is 25.5 Å². The third-order valence-corrected chi connectivity index (χ3v) is 6.02. The molecule has 9 heteroatoms. The smallest absolute Gasteiger partial charge is 0.342 e. The summed E-state index contributed by atoms with van der Waals surface area (Å²) in [5.41, 5.74) is 1.37. The number of nitrogens with zero attached hydrogens (tertiary/aromatic N) is 1. The number of benzene rings is 2. The summed E-state index contributed by atoms with van der Waals surface area (Å²) in [6.07, 6.45) is -0.841. The Hall–Kier alpha value is -3.36. The van der Waals surface area contributed by atoms with Crippen LogP contribution in [0.15, 0.2) is 52.9 Å². The number of hydrogen-bond donors (Lipinski definition) is 1. The van der Waals surface area contributed by atoms with Gasteiger partial charge in [0.2, 0.25) is 5.88 Å². The van der Waals surface area contributed by atoms with Crippen molar-refractivity contribution < 1.29 is 23.5 Å². The second-order valence-electron chi connectivity index (χ2n) is 6.92. The number of ether oxygens (including phenoxy) is 2. The standard InChI is InChI=1S/C23H19ClN2O5S/c1-12-18(23(28)29-3)19(22-25-16-6-4-5-7-17(16)32-22)21(31-12)26-20(27)13(2)30-15-10-8-14(24)9-11-15/h4-11,13H,1-3H3,(H,26,27). The monoisotopic (exact) mass is 470 g/mol. The van der Waals surface area contributed by atoms with E-state index in [0.717, 1.165) is 10.2 Å². The number of furan rings is 1. The minimum atomic E-state index is -0.841. The number of halogens is 1. The summed E-state index contributed by atoms with van der Waals surface area (Å²) >= 11 is 7.27. The third-order valence-electron chi connectivity index (χ3n) is 4.71. The lowest BCUT2D eigenvalue weighted by molar-refractivity contribution is -0.122. The molecule has 0 saturated heterocycles. The van der Waals surface area contributed by atoms with Crippen LogP contribution in [0.2, 0.25) is 5.02 Å².